The molecule has 0 saturated carbocycles. The summed E-state index contributed by atoms with van der Waals surface area (Å²) < 4.78 is 0.800. The third-order valence-corrected chi connectivity index (χ3v) is 3.26. The standard InChI is InChI=1S/C14H11BrN4/c1-9-3-2-4-12(18-9)14-11(8-17-19-14)10-5-6-16-13(15)7-10/h2-8H,1H3,(H,17,19). The molecule has 94 valence electrons. The van der Waals surface area contributed by atoms with Gasteiger partial charge in [0.1, 0.15) is 4.60 Å². The number of H-pyrrole nitrogens is 1. The average Bonchev–Trinajstić information content (AvgIpc) is 2.88. The Labute approximate surface area is 119 Å². The Kier molecular flexibility index (Phi) is 3.13. The number of aryl methyl sites for hydroxylation is 1. The highest BCUT2D eigenvalue weighted by molar-refractivity contribution is 9.10. The number of halogens is 1. The summed E-state index contributed by atoms with van der Waals surface area (Å²) in [5, 5.41) is 7.15. The monoisotopic (exact) mass is 314 g/mol. The number of hydrogen-bond donors (Lipinski definition) is 1. The summed E-state index contributed by atoms with van der Waals surface area (Å²) in [6.07, 6.45) is 3.57. The molecule has 3 aromatic rings. The van der Waals surface area contributed by atoms with E-state index in [0.29, 0.717) is 0 Å². The number of aromatic nitrogens is 4. The third-order valence-electron chi connectivity index (χ3n) is 2.82. The van der Waals surface area contributed by atoms with E-state index in [4.69, 9.17) is 0 Å². The zero-order valence-electron chi connectivity index (χ0n) is 10.3. The number of nitrogens with zero attached hydrogens (tertiary/aromatic N) is 3. The van der Waals surface area contributed by atoms with Gasteiger partial charge in [-0.05, 0) is 52.7 Å². The number of pyridine rings is 2. The summed E-state index contributed by atoms with van der Waals surface area (Å²) >= 11 is 3.38. The molecule has 0 spiro atoms. The predicted octanol–water partition coefficient (Wildman–Crippen LogP) is 3.60. The molecule has 0 aliphatic heterocycles. The van der Waals surface area contributed by atoms with E-state index >= 15 is 0 Å². The molecule has 0 aromatic carbocycles. The topological polar surface area (TPSA) is 54.5 Å². The van der Waals surface area contributed by atoms with Crippen LogP contribution in [0.5, 0.6) is 0 Å². The molecule has 0 radical (unpaired) electrons. The number of rotatable bonds is 2. The summed E-state index contributed by atoms with van der Waals surface area (Å²) in [6, 6.07) is 9.85. The quantitative estimate of drug-likeness (QED) is 0.735. The number of aromatic amines is 1. The molecular formula is C14H11BrN4. The lowest BCUT2D eigenvalue weighted by atomic mass is 10.1. The minimum atomic E-state index is 0.800. The first-order chi connectivity index (χ1) is 9.24. The zero-order valence-corrected chi connectivity index (χ0v) is 11.8. The van der Waals surface area contributed by atoms with E-state index < -0.39 is 0 Å². The van der Waals surface area contributed by atoms with E-state index in [0.717, 1.165) is 32.8 Å². The zero-order chi connectivity index (χ0) is 13.2. The third kappa shape index (κ3) is 2.42. The molecule has 3 aromatic heterocycles. The highest BCUT2D eigenvalue weighted by atomic mass is 79.9. The van der Waals surface area contributed by atoms with Crippen LogP contribution in [0.2, 0.25) is 0 Å². The van der Waals surface area contributed by atoms with E-state index in [2.05, 4.69) is 36.1 Å². The Morgan fingerprint density at radius 2 is 2.11 bits per heavy atom. The van der Waals surface area contributed by atoms with Gasteiger partial charge in [-0.1, -0.05) is 6.07 Å². The van der Waals surface area contributed by atoms with E-state index in [1.165, 1.54) is 0 Å². The van der Waals surface area contributed by atoms with E-state index in [-0.39, 0.29) is 0 Å². The average molecular weight is 315 g/mol. The second kappa shape index (κ2) is 4.93. The summed E-state index contributed by atoms with van der Waals surface area (Å²) in [6.45, 7) is 1.97. The Morgan fingerprint density at radius 3 is 2.89 bits per heavy atom. The van der Waals surface area contributed by atoms with Crippen molar-refractivity contribution < 1.29 is 0 Å². The van der Waals surface area contributed by atoms with Crippen LogP contribution in [-0.4, -0.2) is 20.2 Å². The van der Waals surface area contributed by atoms with Crippen molar-refractivity contribution in [1.29, 1.82) is 0 Å². The van der Waals surface area contributed by atoms with Crippen LogP contribution in [0.25, 0.3) is 22.5 Å². The van der Waals surface area contributed by atoms with Crippen LogP contribution in [-0.2, 0) is 0 Å². The van der Waals surface area contributed by atoms with Gasteiger partial charge < -0.3 is 0 Å². The van der Waals surface area contributed by atoms with Gasteiger partial charge in [-0.3, -0.25) is 10.1 Å². The van der Waals surface area contributed by atoms with Crippen LogP contribution >= 0.6 is 15.9 Å². The van der Waals surface area contributed by atoms with Crippen LogP contribution in [0.4, 0.5) is 0 Å². The Morgan fingerprint density at radius 1 is 1.21 bits per heavy atom. The normalized spacial score (nSPS) is 10.6. The van der Waals surface area contributed by atoms with Crippen molar-refractivity contribution in [2.75, 3.05) is 0 Å². The van der Waals surface area contributed by atoms with Gasteiger partial charge in [-0.15, -0.1) is 0 Å². The number of hydrogen-bond acceptors (Lipinski definition) is 3. The molecule has 0 fully saturated rings. The molecule has 1 N–H and O–H groups in total. The molecule has 3 heterocycles. The van der Waals surface area contributed by atoms with E-state index in [1.807, 2.05) is 37.3 Å². The fourth-order valence-electron chi connectivity index (χ4n) is 1.95. The van der Waals surface area contributed by atoms with Gasteiger partial charge in [0.25, 0.3) is 0 Å². The molecule has 19 heavy (non-hydrogen) atoms. The van der Waals surface area contributed by atoms with Gasteiger partial charge >= 0.3 is 0 Å². The first-order valence-electron chi connectivity index (χ1n) is 5.83. The molecule has 0 saturated heterocycles. The molecule has 5 heteroatoms. The van der Waals surface area contributed by atoms with Gasteiger partial charge in [-0.25, -0.2) is 4.98 Å². The van der Waals surface area contributed by atoms with Crippen molar-refractivity contribution in [3.63, 3.8) is 0 Å². The highest BCUT2D eigenvalue weighted by Crippen LogP contribution is 2.29. The molecule has 3 rings (SSSR count). The van der Waals surface area contributed by atoms with Crippen LogP contribution in [0.15, 0.2) is 47.3 Å². The summed E-state index contributed by atoms with van der Waals surface area (Å²) in [5.74, 6) is 0. The maximum absolute atomic E-state index is 4.53. The summed E-state index contributed by atoms with van der Waals surface area (Å²) in [4.78, 5) is 8.66. The van der Waals surface area contributed by atoms with E-state index in [9.17, 15) is 0 Å². The Bertz CT molecular complexity index is 661. The van der Waals surface area contributed by atoms with Gasteiger partial charge in [-0.2, -0.15) is 5.10 Å². The molecule has 0 amide bonds. The highest BCUT2D eigenvalue weighted by Gasteiger charge is 2.11. The second-order valence-electron chi connectivity index (χ2n) is 4.19. The van der Waals surface area contributed by atoms with Crippen molar-refractivity contribution in [1.82, 2.24) is 20.2 Å². The van der Waals surface area contributed by atoms with Gasteiger partial charge in [0.05, 0.1) is 17.6 Å². The minimum absolute atomic E-state index is 0.800. The van der Waals surface area contributed by atoms with Gasteiger partial charge in [0.2, 0.25) is 0 Å². The summed E-state index contributed by atoms with van der Waals surface area (Å²) in [7, 11) is 0. The molecule has 0 aliphatic carbocycles. The maximum Gasteiger partial charge on any atom is 0.106 e. The minimum Gasteiger partial charge on any atom is -0.276 e. The molecular weight excluding hydrogens is 304 g/mol. The number of nitrogens with one attached hydrogen (secondary N) is 1. The van der Waals surface area contributed by atoms with Crippen molar-refractivity contribution in [3.8, 4) is 22.5 Å². The molecule has 0 atom stereocenters. The predicted molar refractivity (Wildman–Crippen MR) is 77.5 cm³/mol. The lowest BCUT2D eigenvalue weighted by Crippen LogP contribution is -1.89. The van der Waals surface area contributed by atoms with E-state index in [1.54, 1.807) is 12.4 Å². The molecule has 0 aliphatic rings. The first kappa shape index (κ1) is 12.0. The van der Waals surface area contributed by atoms with Crippen LogP contribution in [0.1, 0.15) is 5.69 Å². The van der Waals surface area contributed by atoms with Gasteiger partial charge in [0, 0.05) is 17.5 Å². The first-order valence-corrected chi connectivity index (χ1v) is 6.62. The van der Waals surface area contributed by atoms with Crippen LogP contribution < -0.4 is 0 Å². The molecule has 0 bridgehead atoms. The van der Waals surface area contributed by atoms with Crippen molar-refractivity contribution in [2.24, 2.45) is 0 Å². The smallest absolute Gasteiger partial charge is 0.106 e. The van der Waals surface area contributed by atoms with Crippen molar-refractivity contribution >= 4 is 15.9 Å². The van der Waals surface area contributed by atoms with Crippen LogP contribution in [0, 0.1) is 6.92 Å². The lowest BCUT2D eigenvalue weighted by molar-refractivity contribution is 1.08. The second-order valence-corrected chi connectivity index (χ2v) is 5.00. The van der Waals surface area contributed by atoms with Gasteiger partial charge in [0.15, 0.2) is 0 Å². The fourth-order valence-corrected chi connectivity index (χ4v) is 2.32. The molecule has 4 nitrogen and oxygen atoms in total. The summed E-state index contributed by atoms with van der Waals surface area (Å²) in [5.41, 5.74) is 4.85. The largest absolute Gasteiger partial charge is 0.276 e. The lowest BCUT2D eigenvalue weighted by Gasteiger charge is -2.04. The fraction of sp³-hybridized carbons (Fsp3) is 0.0714. The van der Waals surface area contributed by atoms with Crippen LogP contribution in [0.3, 0.4) is 0 Å². The Balaban J connectivity index is 2.13. The Hall–Kier alpha value is -2.01. The maximum atomic E-state index is 4.53. The van der Waals surface area contributed by atoms with Crippen molar-refractivity contribution in [3.05, 3.63) is 53.0 Å². The molecule has 0 unspecified atom stereocenters. The van der Waals surface area contributed by atoms with Crippen molar-refractivity contribution in [2.45, 2.75) is 6.92 Å². The SMILES string of the molecule is Cc1cccc(-c2[nH]ncc2-c2ccnc(Br)c2)n1.